The highest BCUT2D eigenvalue weighted by molar-refractivity contribution is 5.17. The van der Waals surface area contributed by atoms with Gasteiger partial charge in [0.15, 0.2) is 0 Å². The van der Waals surface area contributed by atoms with Gasteiger partial charge in [-0.25, -0.2) is 8.78 Å². The van der Waals surface area contributed by atoms with Crippen LogP contribution in [0.2, 0.25) is 0 Å². The van der Waals surface area contributed by atoms with Gasteiger partial charge in [0.1, 0.15) is 11.6 Å². The van der Waals surface area contributed by atoms with Crippen molar-refractivity contribution in [2.75, 3.05) is 20.3 Å². The number of likely N-dealkylation sites (N-methyl/N-ethyl adjacent to an activating group) is 1. The summed E-state index contributed by atoms with van der Waals surface area (Å²) < 4.78 is 31.2. The Morgan fingerprint density at radius 3 is 2.56 bits per heavy atom. The number of ether oxygens (including phenoxy) is 1. The monoisotopic (exact) mass is 227 g/mol. The van der Waals surface area contributed by atoms with Crippen LogP contribution in [0.1, 0.15) is 12.0 Å². The second-order valence-electron chi connectivity index (χ2n) is 4.21. The van der Waals surface area contributed by atoms with Crippen LogP contribution in [-0.4, -0.2) is 31.2 Å². The van der Waals surface area contributed by atoms with Gasteiger partial charge in [-0.05, 0) is 31.2 Å². The van der Waals surface area contributed by atoms with Gasteiger partial charge in [0.2, 0.25) is 0 Å². The third-order valence-corrected chi connectivity index (χ3v) is 2.88. The van der Waals surface area contributed by atoms with Gasteiger partial charge >= 0.3 is 0 Å². The maximum atomic E-state index is 13.0. The van der Waals surface area contributed by atoms with E-state index in [2.05, 4.69) is 4.90 Å². The van der Waals surface area contributed by atoms with Crippen molar-refractivity contribution in [2.45, 2.75) is 19.0 Å². The summed E-state index contributed by atoms with van der Waals surface area (Å²) >= 11 is 0. The van der Waals surface area contributed by atoms with Gasteiger partial charge in [-0.15, -0.1) is 0 Å². The third kappa shape index (κ3) is 2.77. The van der Waals surface area contributed by atoms with Crippen LogP contribution in [0.15, 0.2) is 18.2 Å². The van der Waals surface area contributed by atoms with Crippen molar-refractivity contribution >= 4 is 0 Å². The Bertz CT molecular complexity index is 344. The average molecular weight is 227 g/mol. The van der Waals surface area contributed by atoms with Crippen LogP contribution in [0.5, 0.6) is 0 Å². The van der Waals surface area contributed by atoms with Crippen molar-refractivity contribution in [2.24, 2.45) is 0 Å². The Hall–Kier alpha value is -1.00. The van der Waals surface area contributed by atoms with Gasteiger partial charge in [-0.2, -0.15) is 0 Å². The number of nitrogens with zero attached hydrogens (tertiary/aromatic N) is 1. The molecule has 1 aromatic rings. The zero-order valence-corrected chi connectivity index (χ0v) is 9.25. The Balaban J connectivity index is 2.02. The fourth-order valence-electron chi connectivity index (χ4n) is 1.99. The van der Waals surface area contributed by atoms with Gasteiger partial charge in [-0.1, -0.05) is 0 Å². The topological polar surface area (TPSA) is 12.5 Å². The molecule has 1 atom stereocenters. The molecule has 1 unspecified atom stereocenters. The van der Waals surface area contributed by atoms with Gasteiger partial charge in [-0.3, -0.25) is 4.90 Å². The first-order valence-electron chi connectivity index (χ1n) is 5.38. The molecular weight excluding hydrogens is 212 g/mol. The molecule has 88 valence electrons. The largest absolute Gasteiger partial charge is 0.380 e. The molecule has 2 rings (SSSR count). The summed E-state index contributed by atoms with van der Waals surface area (Å²) in [5, 5.41) is 0. The van der Waals surface area contributed by atoms with E-state index in [0.717, 1.165) is 19.1 Å². The Labute approximate surface area is 93.8 Å². The molecule has 1 aromatic carbocycles. The van der Waals surface area contributed by atoms with Crippen LogP contribution in [0.25, 0.3) is 0 Å². The Morgan fingerprint density at radius 2 is 2.00 bits per heavy atom. The van der Waals surface area contributed by atoms with Crippen molar-refractivity contribution in [3.63, 3.8) is 0 Å². The minimum Gasteiger partial charge on any atom is -0.380 e. The van der Waals surface area contributed by atoms with Crippen LogP contribution < -0.4 is 0 Å². The standard InChI is InChI=1S/C12H15F2NO/c1-15(12-2-3-16-8-12)7-9-4-10(13)6-11(14)5-9/h4-6,12H,2-3,7-8H2,1H3. The number of benzene rings is 1. The molecule has 0 bridgehead atoms. The molecular formula is C12H15F2NO. The minimum absolute atomic E-state index is 0.353. The van der Waals surface area contributed by atoms with E-state index in [4.69, 9.17) is 4.74 Å². The molecule has 1 aliphatic heterocycles. The Morgan fingerprint density at radius 1 is 1.31 bits per heavy atom. The first-order chi connectivity index (χ1) is 7.65. The maximum Gasteiger partial charge on any atom is 0.126 e. The van der Waals surface area contributed by atoms with E-state index in [0.29, 0.717) is 24.8 Å². The van der Waals surface area contributed by atoms with E-state index >= 15 is 0 Å². The van der Waals surface area contributed by atoms with Gasteiger partial charge in [0, 0.05) is 25.3 Å². The second-order valence-corrected chi connectivity index (χ2v) is 4.21. The summed E-state index contributed by atoms with van der Waals surface area (Å²) in [6.45, 7) is 2.02. The minimum atomic E-state index is -0.522. The van der Waals surface area contributed by atoms with E-state index < -0.39 is 11.6 Å². The molecule has 0 amide bonds. The molecule has 1 fully saturated rings. The number of rotatable bonds is 3. The summed E-state index contributed by atoms with van der Waals surface area (Å²) in [4.78, 5) is 2.07. The van der Waals surface area contributed by atoms with Crippen molar-refractivity contribution in [1.82, 2.24) is 4.90 Å². The first kappa shape index (κ1) is 11.5. The first-order valence-corrected chi connectivity index (χ1v) is 5.38. The lowest BCUT2D eigenvalue weighted by molar-refractivity contribution is 0.156. The summed E-state index contributed by atoms with van der Waals surface area (Å²) in [7, 11) is 1.95. The molecule has 1 heterocycles. The van der Waals surface area contributed by atoms with Crippen LogP contribution in [0, 0.1) is 11.6 Å². The lowest BCUT2D eigenvalue weighted by Crippen LogP contribution is -2.31. The molecule has 0 aliphatic carbocycles. The van der Waals surface area contributed by atoms with E-state index in [1.165, 1.54) is 12.1 Å². The van der Waals surface area contributed by atoms with E-state index in [-0.39, 0.29) is 0 Å². The summed E-state index contributed by atoms with van der Waals surface area (Å²) in [5.41, 5.74) is 0.659. The van der Waals surface area contributed by atoms with Crippen molar-refractivity contribution < 1.29 is 13.5 Å². The zero-order chi connectivity index (χ0) is 11.5. The van der Waals surface area contributed by atoms with Crippen molar-refractivity contribution in [3.8, 4) is 0 Å². The molecule has 0 saturated carbocycles. The maximum absolute atomic E-state index is 13.0. The van der Waals surface area contributed by atoms with E-state index in [1.54, 1.807) is 0 Å². The number of hydrogen-bond donors (Lipinski definition) is 0. The van der Waals surface area contributed by atoms with Gasteiger partial charge in [0.25, 0.3) is 0 Å². The van der Waals surface area contributed by atoms with Crippen molar-refractivity contribution in [3.05, 3.63) is 35.4 Å². The molecule has 0 spiro atoms. The van der Waals surface area contributed by atoms with Crippen LogP contribution in [0.4, 0.5) is 8.78 Å². The predicted molar refractivity (Wildman–Crippen MR) is 57.0 cm³/mol. The number of hydrogen-bond acceptors (Lipinski definition) is 2. The van der Waals surface area contributed by atoms with E-state index in [9.17, 15) is 8.78 Å². The molecule has 0 radical (unpaired) electrons. The average Bonchev–Trinajstić information content (AvgIpc) is 2.68. The summed E-state index contributed by atoms with van der Waals surface area (Å²) in [6, 6.07) is 3.98. The van der Waals surface area contributed by atoms with Gasteiger partial charge in [0.05, 0.1) is 6.61 Å². The molecule has 16 heavy (non-hydrogen) atoms. The van der Waals surface area contributed by atoms with E-state index in [1.807, 2.05) is 7.05 Å². The fourth-order valence-corrected chi connectivity index (χ4v) is 1.99. The molecule has 1 saturated heterocycles. The summed E-state index contributed by atoms with van der Waals surface area (Å²) in [6.07, 6.45) is 0.980. The highest BCUT2D eigenvalue weighted by Gasteiger charge is 2.20. The van der Waals surface area contributed by atoms with Gasteiger partial charge < -0.3 is 4.74 Å². The highest BCUT2D eigenvalue weighted by atomic mass is 19.1. The van der Waals surface area contributed by atoms with Crippen LogP contribution in [-0.2, 0) is 11.3 Å². The lowest BCUT2D eigenvalue weighted by atomic mass is 10.1. The summed E-state index contributed by atoms with van der Waals surface area (Å²) in [5.74, 6) is -1.04. The molecule has 0 N–H and O–H groups in total. The molecule has 4 heteroatoms. The third-order valence-electron chi connectivity index (χ3n) is 2.88. The van der Waals surface area contributed by atoms with Crippen molar-refractivity contribution in [1.29, 1.82) is 0 Å². The molecule has 2 nitrogen and oxygen atoms in total. The van der Waals surface area contributed by atoms with Crippen LogP contribution >= 0.6 is 0 Å². The molecule has 1 aliphatic rings. The quantitative estimate of drug-likeness (QED) is 0.784. The zero-order valence-electron chi connectivity index (χ0n) is 9.25. The normalized spacial score (nSPS) is 20.6. The highest BCUT2D eigenvalue weighted by Crippen LogP contribution is 2.15. The number of halogens is 2. The predicted octanol–water partition coefficient (Wildman–Crippen LogP) is 2.19. The SMILES string of the molecule is CN(Cc1cc(F)cc(F)c1)C1CCOC1. The second kappa shape index (κ2) is 4.89. The smallest absolute Gasteiger partial charge is 0.126 e. The lowest BCUT2D eigenvalue weighted by Gasteiger charge is -2.22. The molecule has 0 aromatic heterocycles. The Kier molecular flexibility index (Phi) is 3.51. The van der Waals surface area contributed by atoms with Crippen LogP contribution in [0.3, 0.4) is 0 Å². The fraction of sp³-hybridized carbons (Fsp3) is 0.500.